The summed E-state index contributed by atoms with van der Waals surface area (Å²) in [6.07, 6.45) is 3.67. The monoisotopic (exact) mass is 1300 g/mol. The number of nitrogens with one attached hydrogen (secondary N) is 3. The lowest BCUT2D eigenvalue weighted by Crippen LogP contribution is -2.53. The highest BCUT2D eigenvalue weighted by molar-refractivity contribution is 6.35. The van der Waals surface area contributed by atoms with Crippen molar-refractivity contribution in [3.8, 4) is 5.75 Å². The van der Waals surface area contributed by atoms with Crippen LogP contribution in [0.15, 0.2) is 54.1 Å². The normalized spacial score (nSPS) is 23.9. The summed E-state index contributed by atoms with van der Waals surface area (Å²) in [7, 11) is 7.13. The van der Waals surface area contributed by atoms with E-state index >= 15 is 0 Å². The minimum Gasteiger partial charge on any atom is -0.495 e. The van der Waals surface area contributed by atoms with Crippen LogP contribution in [0.25, 0.3) is 0 Å². The van der Waals surface area contributed by atoms with E-state index in [9.17, 15) is 53.1 Å². The Kier molecular flexibility index (Phi) is 28.0. The molecule has 5 rings (SSSR count). The number of nitrogens with two attached hydrogens (primary N) is 1. The van der Waals surface area contributed by atoms with Gasteiger partial charge < -0.3 is 65.0 Å². The molecule has 2 saturated heterocycles. The van der Waals surface area contributed by atoms with Crippen molar-refractivity contribution in [2.45, 2.75) is 206 Å². The summed E-state index contributed by atoms with van der Waals surface area (Å²) in [4.78, 5) is 139. The number of benzene rings is 2. The smallest absolute Gasteiger partial charge is 0.328 e. The number of aliphatic hydroxyl groups is 1. The zero-order valence-corrected chi connectivity index (χ0v) is 56.7. The molecule has 2 aromatic carbocycles. The first-order chi connectivity index (χ1) is 43.4. The number of ketones is 2. The summed E-state index contributed by atoms with van der Waals surface area (Å²) >= 11 is 6.88. The molecular weight excluding hydrogens is 1210 g/mol. The van der Waals surface area contributed by atoms with Crippen LogP contribution in [-0.2, 0) is 70.1 Å². The Morgan fingerprint density at radius 1 is 0.967 bits per heavy atom. The van der Waals surface area contributed by atoms with Crippen LogP contribution < -0.4 is 31.3 Å². The van der Waals surface area contributed by atoms with Crippen molar-refractivity contribution >= 4 is 76.4 Å². The molecule has 4 bridgehead atoms. The number of hydrogen-bond acceptors (Lipinski definition) is 17. The lowest BCUT2D eigenvalue weighted by atomic mass is 9.78. The van der Waals surface area contributed by atoms with Crippen LogP contribution in [0.5, 0.6) is 5.75 Å². The first-order valence-corrected chi connectivity index (χ1v) is 32.2. The van der Waals surface area contributed by atoms with Gasteiger partial charge in [-0.25, -0.2) is 9.59 Å². The van der Waals surface area contributed by atoms with Gasteiger partial charge in [0.05, 0.1) is 49.8 Å². The van der Waals surface area contributed by atoms with Gasteiger partial charge in [-0.2, -0.15) is 0 Å². The van der Waals surface area contributed by atoms with Crippen molar-refractivity contribution in [2.24, 2.45) is 29.4 Å². The third-order valence-electron chi connectivity index (χ3n) is 18.1. The number of likely N-dealkylation sites (N-methyl/N-ethyl adjacent to an activating group) is 1. The maximum atomic E-state index is 14.6. The Bertz CT molecular complexity index is 3070. The highest BCUT2D eigenvalue weighted by Crippen LogP contribution is 2.50. The van der Waals surface area contributed by atoms with Crippen LogP contribution in [0.3, 0.4) is 0 Å². The van der Waals surface area contributed by atoms with Crippen LogP contribution in [-0.4, -0.2) is 165 Å². The van der Waals surface area contributed by atoms with E-state index in [-0.39, 0.29) is 96.5 Å². The predicted octanol–water partition coefficient (Wildman–Crippen LogP) is 7.64. The molecule has 3 aliphatic rings. The molecule has 0 aliphatic carbocycles. The van der Waals surface area contributed by atoms with E-state index in [4.69, 9.17) is 45.8 Å². The van der Waals surface area contributed by atoms with Gasteiger partial charge in [0.25, 0.3) is 11.8 Å². The standard InChI is InChI=1S/C68H97ClN6O17/c1-15-44(16-2)65(84)89-40(6)22-17-18-23-47(76)34-48(38(3)4)62(81)73-50(24-20-28-72-66(70)85)52(77)33-45-26-27-46(32-49(45)61(80)71-10)63(82)74(11)42(8)64(83)91-56-35-57(78)75(12)51-30-43(31-53(87-13)59(51)69)29-39(5)21-19-25-55(88-14)68(86)36-54(90-58(79)37-68)41(7)60-67(56,9)92-60/h19,21,25-27,30-32,38,40-42,44,48,50,54-56,60,86H,15-18,20,22-24,28-29,33-37H2,1-14H3,(H,71,80)(H,73,81)(H3,70,72,85)/b25-19+,39-21+/t40?,41-,42+,48+,50+,54+,55-,56+,60+,67+,68-/m1/s1. The number of ether oxygens (including phenoxy) is 6. The summed E-state index contributed by atoms with van der Waals surface area (Å²) in [6.45, 7) is 16.1. The van der Waals surface area contributed by atoms with Crippen molar-refractivity contribution in [1.82, 2.24) is 20.9 Å². The maximum Gasteiger partial charge on any atom is 0.328 e. The van der Waals surface area contributed by atoms with Crippen LogP contribution in [0, 0.1) is 23.7 Å². The molecule has 92 heavy (non-hydrogen) atoms. The molecule has 6 amide bonds. The largest absolute Gasteiger partial charge is 0.495 e. The summed E-state index contributed by atoms with van der Waals surface area (Å²) in [5.74, 6) is -6.51. The van der Waals surface area contributed by atoms with E-state index in [2.05, 4.69) is 16.0 Å². The zero-order chi connectivity index (χ0) is 68.5. The number of allylic oxidation sites excluding steroid dienone is 3. The van der Waals surface area contributed by atoms with Crippen molar-refractivity contribution < 1.29 is 81.5 Å². The molecular formula is C68H97ClN6O17. The molecule has 0 saturated carbocycles. The molecule has 6 N–H and O–H groups in total. The fraction of sp³-hybridized carbons (Fsp3) is 0.618. The number of carbonyl (C=O) groups is 10. The number of anilines is 1. The Hall–Kier alpha value is -7.21. The third kappa shape index (κ3) is 19.9. The minimum atomic E-state index is -1.68. The molecule has 2 fully saturated rings. The number of amides is 6. The number of epoxide rings is 1. The summed E-state index contributed by atoms with van der Waals surface area (Å²) in [5, 5.41) is 20.1. The van der Waals surface area contributed by atoms with Crippen molar-refractivity contribution in [2.75, 3.05) is 46.8 Å². The van der Waals surface area contributed by atoms with Crippen LogP contribution in [0.2, 0.25) is 5.02 Å². The number of fused-ring (bicyclic) bond motifs is 5. The number of halogens is 1. The van der Waals surface area contributed by atoms with Crippen LogP contribution in [0.1, 0.15) is 171 Å². The van der Waals surface area contributed by atoms with Gasteiger partial charge in [0, 0.05) is 83.4 Å². The van der Waals surface area contributed by atoms with Gasteiger partial charge in [-0.15, -0.1) is 0 Å². The highest BCUT2D eigenvalue weighted by Gasteiger charge is 2.64. The molecule has 0 spiro atoms. The fourth-order valence-corrected chi connectivity index (χ4v) is 12.3. The molecule has 0 radical (unpaired) electrons. The number of urea groups is 1. The van der Waals surface area contributed by atoms with E-state index in [1.807, 2.05) is 33.8 Å². The van der Waals surface area contributed by atoms with Crippen LogP contribution in [0.4, 0.5) is 10.5 Å². The number of Topliss-reactive ketones (excluding diaryl/α,β-unsaturated/α-hetero) is 2. The number of rotatable bonds is 28. The molecule has 23 nitrogen and oxygen atoms in total. The number of methoxy groups -OCH3 is 2. The van der Waals surface area contributed by atoms with E-state index in [0.29, 0.717) is 50.0 Å². The van der Waals surface area contributed by atoms with Gasteiger partial charge in [0.2, 0.25) is 11.8 Å². The van der Waals surface area contributed by atoms with Crippen LogP contribution >= 0.6 is 11.6 Å². The van der Waals surface area contributed by atoms with Crippen molar-refractivity contribution in [3.63, 3.8) is 0 Å². The molecule has 508 valence electrons. The van der Waals surface area contributed by atoms with E-state index in [1.54, 1.807) is 52.0 Å². The van der Waals surface area contributed by atoms with Gasteiger partial charge in [-0.05, 0) is 120 Å². The highest BCUT2D eigenvalue weighted by atomic mass is 35.5. The van der Waals surface area contributed by atoms with Gasteiger partial charge in [-0.3, -0.25) is 38.4 Å². The number of nitrogens with zero attached hydrogens (tertiary/aromatic N) is 2. The molecule has 11 atom stereocenters. The Morgan fingerprint density at radius 3 is 2.29 bits per heavy atom. The molecule has 24 heteroatoms. The Morgan fingerprint density at radius 2 is 1.66 bits per heavy atom. The summed E-state index contributed by atoms with van der Waals surface area (Å²) in [6, 6.07) is 4.35. The predicted molar refractivity (Wildman–Crippen MR) is 345 cm³/mol. The second-order valence-corrected chi connectivity index (χ2v) is 25.7. The van der Waals surface area contributed by atoms with Gasteiger partial charge in [0.15, 0.2) is 5.78 Å². The number of unbranched alkanes of at least 4 members (excludes halogenated alkanes) is 1. The summed E-state index contributed by atoms with van der Waals surface area (Å²) < 4.78 is 35.5. The van der Waals surface area contributed by atoms with Gasteiger partial charge in [-0.1, -0.05) is 76.1 Å². The number of esters is 3. The quantitative estimate of drug-likeness (QED) is 0.0236. The number of carbonyl (C=O) groups excluding carboxylic acids is 10. The van der Waals surface area contributed by atoms with E-state index < -0.39 is 120 Å². The minimum absolute atomic E-state index is 0.0375. The van der Waals surface area contributed by atoms with E-state index in [0.717, 1.165) is 16.0 Å². The summed E-state index contributed by atoms with van der Waals surface area (Å²) in [5.41, 5.74) is 4.26. The average molecular weight is 1310 g/mol. The fourth-order valence-electron chi connectivity index (χ4n) is 12.0. The van der Waals surface area contributed by atoms with Gasteiger partial charge >= 0.3 is 23.9 Å². The Balaban J connectivity index is 1.37. The maximum absolute atomic E-state index is 14.6. The molecule has 2 aromatic rings. The first kappa shape index (κ1) is 75.5. The lowest BCUT2D eigenvalue weighted by Gasteiger charge is -2.41. The number of hydrogen-bond donors (Lipinski definition) is 5. The molecule has 3 heterocycles. The SMILES string of the molecule is CCC(CC)C(=O)OC(C)CCCCC(=O)C[C@H](C(=O)N[C@@H](CCCNC(N)=O)C(=O)Cc1ccc(C(=O)N(C)[C@@H](C)C(=O)O[C@H]2CC(=O)N(C)c3cc(cc(OC)c3Cl)C/C(C)=C/C=C/[C@@H](OC)[C@]3(O)CC(=O)O[C@@H](C3)[C@@H](C)[C@@H]3O[C@@]23C)cc1C(=O)NC)C(C)C. The Labute approximate surface area is 545 Å². The molecule has 3 aliphatic heterocycles. The average Bonchev–Trinajstić information content (AvgIpc) is 1.57. The van der Waals surface area contributed by atoms with Crippen molar-refractivity contribution in [1.29, 1.82) is 0 Å². The first-order valence-electron chi connectivity index (χ1n) is 31.9. The second-order valence-electron chi connectivity index (χ2n) is 25.3. The van der Waals surface area contributed by atoms with E-state index in [1.165, 1.54) is 65.4 Å². The molecule has 0 aromatic heterocycles. The zero-order valence-electron chi connectivity index (χ0n) is 55.9. The van der Waals surface area contributed by atoms with Crippen molar-refractivity contribution in [3.05, 3.63) is 81.4 Å². The topological polar surface area (TPSA) is 318 Å². The number of primary amides is 1. The molecule has 1 unspecified atom stereocenters. The van der Waals surface area contributed by atoms with Gasteiger partial charge in [0.1, 0.15) is 52.1 Å². The second kappa shape index (κ2) is 34.1. The lowest BCUT2D eigenvalue weighted by molar-refractivity contribution is -0.187. The third-order valence-corrected chi connectivity index (χ3v) is 18.5.